The van der Waals surface area contributed by atoms with Gasteiger partial charge in [-0.3, -0.25) is 4.79 Å². The summed E-state index contributed by atoms with van der Waals surface area (Å²) in [5.41, 5.74) is 0.562. The van der Waals surface area contributed by atoms with E-state index in [1.165, 1.54) is 18.6 Å². The van der Waals surface area contributed by atoms with E-state index >= 15 is 0 Å². The zero-order chi connectivity index (χ0) is 16.0. The summed E-state index contributed by atoms with van der Waals surface area (Å²) in [5.74, 6) is 0.0646. The summed E-state index contributed by atoms with van der Waals surface area (Å²) in [7, 11) is -3.50. The van der Waals surface area contributed by atoms with Crippen LogP contribution < -0.4 is 10.0 Å². The molecule has 0 bridgehead atoms. The lowest BCUT2D eigenvalue weighted by atomic mass is 9.96. The first-order valence-electron chi connectivity index (χ1n) is 7.49. The molecule has 0 heterocycles. The SMILES string of the molecule is O=C(CCCl)Nc1ccc(S(=O)(=O)NC2CCCCC2)cc1. The van der Waals surface area contributed by atoms with Crippen LogP contribution in [-0.4, -0.2) is 26.2 Å². The fraction of sp³-hybridized carbons (Fsp3) is 0.533. The van der Waals surface area contributed by atoms with Crippen LogP contribution in [0.3, 0.4) is 0 Å². The molecule has 1 fully saturated rings. The van der Waals surface area contributed by atoms with E-state index in [9.17, 15) is 13.2 Å². The number of carbonyl (C=O) groups excluding carboxylic acids is 1. The van der Waals surface area contributed by atoms with Crippen LogP contribution in [0.15, 0.2) is 29.2 Å². The van der Waals surface area contributed by atoms with Crippen LogP contribution in [0.4, 0.5) is 5.69 Å². The highest BCUT2D eigenvalue weighted by molar-refractivity contribution is 7.89. The Morgan fingerprint density at radius 1 is 1.14 bits per heavy atom. The lowest BCUT2D eigenvalue weighted by molar-refractivity contribution is -0.115. The van der Waals surface area contributed by atoms with Gasteiger partial charge in [0.05, 0.1) is 4.90 Å². The van der Waals surface area contributed by atoms with Crippen LogP contribution in [0, 0.1) is 0 Å². The third kappa shape index (κ3) is 4.97. The molecule has 1 saturated carbocycles. The Labute approximate surface area is 136 Å². The zero-order valence-corrected chi connectivity index (χ0v) is 13.9. The minimum atomic E-state index is -3.50. The average Bonchev–Trinajstić information content (AvgIpc) is 2.48. The predicted octanol–water partition coefficient (Wildman–Crippen LogP) is 2.87. The number of hydrogen-bond donors (Lipinski definition) is 2. The Morgan fingerprint density at radius 2 is 1.77 bits per heavy atom. The minimum absolute atomic E-state index is 0.0295. The smallest absolute Gasteiger partial charge is 0.240 e. The van der Waals surface area contributed by atoms with Gasteiger partial charge in [-0.1, -0.05) is 19.3 Å². The van der Waals surface area contributed by atoms with E-state index in [-0.39, 0.29) is 29.1 Å². The van der Waals surface area contributed by atoms with Gasteiger partial charge in [0.25, 0.3) is 0 Å². The van der Waals surface area contributed by atoms with E-state index in [0.29, 0.717) is 5.69 Å². The fourth-order valence-electron chi connectivity index (χ4n) is 2.53. The van der Waals surface area contributed by atoms with Crippen molar-refractivity contribution in [3.8, 4) is 0 Å². The van der Waals surface area contributed by atoms with E-state index in [4.69, 9.17) is 11.6 Å². The summed E-state index contributed by atoms with van der Waals surface area (Å²) in [4.78, 5) is 11.6. The molecule has 1 aliphatic carbocycles. The van der Waals surface area contributed by atoms with Gasteiger partial charge in [0.1, 0.15) is 0 Å². The van der Waals surface area contributed by atoms with E-state index in [2.05, 4.69) is 10.0 Å². The van der Waals surface area contributed by atoms with Crippen molar-refractivity contribution in [1.29, 1.82) is 0 Å². The maximum absolute atomic E-state index is 12.3. The molecule has 1 aromatic rings. The van der Waals surface area contributed by atoms with Crippen LogP contribution in [0.25, 0.3) is 0 Å². The molecule has 1 amide bonds. The number of amides is 1. The van der Waals surface area contributed by atoms with Gasteiger partial charge in [-0.2, -0.15) is 0 Å². The Bertz CT molecular complexity index is 596. The first kappa shape index (κ1) is 17.2. The van der Waals surface area contributed by atoms with Gasteiger partial charge in [-0.25, -0.2) is 13.1 Å². The lowest BCUT2D eigenvalue weighted by Gasteiger charge is -2.22. The van der Waals surface area contributed by atoms with Gasteiger partial charge in [-0.15, -0.1) is 11.6 Å². The van der Waals surface area contributed by atoms with Gasteiger partial charge in [0.2, 0.25) is 15.9 Å². The van der Waals surface area contributed by atoms with Crippen LogP contribution in [0.5, 0.6) is 0 Å². The van der Waals surface area contributed by atoms with Crippen molar-refractivity contribution >= 4 is 33.2 Å². The molecule has 22 heavy (non-hydrogen) atoms. The standard InChI is InChI=1S/C15H21ClN2O3S/c16-11-10-15(19)17-12-6-8-14(9-7-12)22(20,21)18-13-4-2-1-3-5-13/h6-9,13,18H,1-5,10-11H2,(H,17,19). The predicted molar refractivity (Wildman–Crippen MR) is 87.6 cm³/mol. The van der Waals surface area contributed by atoms with E-state index in [1.54, 1.807) is 12.1 Å². The van der Waals surface area contributed by atoms with E-state index in [1.807, 2.05) is 0 Å². The number of anilines is 1. The Kier molecular flexibility index (Phi) is 6.23. The molecule has 0 aliphatic heterocycles. The van der Waals surface area contributed by atoms with Crippen molar-refractivity contribution in [3.63, 3.8) is 0 Å². The van der Waals surface area contributed by atoms with Gasteiger partial charge in [0.15, 0.2) is 0 Å². The van der Waals surface area contributed by atoms with E-state index < -0.39 is 10.0 Å². The monoisotopic (exact) mass is 344 g/mol. The highest BCUT2D eigenvalue weighted by Gasteiger charge is 2.21. The summed E-state index contributed by atoms with van der Waals surface area (Å²) in [6, 6.07) is 6.20. The molecule has 0 saturated heterocycles. The first-order chi connectivity index (χ1) is 10.5. The summed E-state index contributed by atoms with van der Waals surface area (Å²) in [6.07, 6.45) is 5.33. The largest absolute Gasteiger partial charge is 0.326 e. The highest BCUT2D eigenvalue weighted by Crippen LogP contribution is 2.20. The Morgan fingerprint density at radius 3 is 2.36 bits per heavy atom. The van der Waals surface area contributed by atoms with Crippen molar-refractivity contribution in [2.45, 2.75) is 49.5 Å². The van der Waals surface area contributed by atoms with Crippen LogP contribution >= 0.6 is 11.6 Å². The third-order valence-corrected chi connectivity index (χ3v) is 5.42. The third-order valence-electron chi connectivity index (χ3n) is 3.70. The lowest BCUT2D eigenvalue weighted by Crippen LogP contribution is -2.36. The normalized spacial score (nSPS) is 16.4. The van der Waals surface area contributed by atoms with Crippen LogP contribution in [-0.2, 0) is 14.8 Å². The van der Waals surface area contributed by atoms with Crippen LogP contribution in [0.2, 0.25) is 0 Å². The summed E-state index contributed by atoms with van der Waals surface area (Å²) >= 11 is 5.49. The van der Waals surface area contributed by atoms with E-state index in [0.717, 1.165) is 25.7 Å². The molecule has 0 atom stereocenters. The number of hydrogen-bond acceptors (Lipinski definition) is 3. The summed E-state index contributed by atoms with van der Waals surface area (Å²) < 4.78 is 27.4. The molecule has 5 nitrogen and oxygen atoms in total. The number of rotatable bonds is 6. The number of alkyl halides is 1. The minimum Gasteiger partial charge on any atom is -0.326 e. The van der Waals surface area contributed by atoms with Gasteiger partial charge in [-0.05, 0) is 37.1 Å². The molecule has 2 N–H and O–H groups in total. The number of nitrogens with one attached hydrogen (secondary N) is 2. The second-order valence-corrected chi connectivity index (χ2v) is 7.56. The van der Waals surface area contributed by atoms with Crippen molar-refractivity contribution in [1.82, 2.24) is 4.72 Å². The van der Waals surface area contributed by atoms with Crippen molar-refractivity contribution in [2.24, 2.45) is 0 Å². The molecule has 0 unspecified atom stereocenters. The van der Waals surface area contributed by atoms with Gasteiger partial charge >= 0.3 is 0 Å². The number of carbonyl (C=O) groups is 1. The van der Waals surface area contributed by atoms with Gasteiger partial charge < -0.3 is 5.32 Å². The molecule has 0 radical (unpaired) electrons. The molecular formula is C15H21ClN2O3S. The maximum Gasteiger partial charge on any atom is 0.240 e. The van der Waals surface area contributed by atoms with Crippen molar-refractivity contribution in [2.75, 3.05) is 11.2 Å². The highest BCUT2D eigenvalue weighted by atomic mass is 35.5. The summed E-state index contributed by atoms with van der Waals surface area (Å²) in [5, 5.41) is 2.66. The topological polar surface area (TPSA) is 75.3 Å². The molecule has 7 heteroatoms. The number of sulfonamides is 1. The van der Waals surface area contributed by atoms with Crippen LogP contribution in [0.1, 0.15) is 38.5 Å². The van der Waals surface area contributed by atoms with Crippen molar-refractivity contribution in [3.05, 3.63) is 24.3 Å². The Hall–Kier alpha value is -1.11. The molecule has 1 aliphatic rings. The first-order valence-corrected chi connectivity index (χ1v) is 9.51. The maximum atomic E-state index is 12.3. The quantitative estimate of drug-likeness (QED) is 0.779. The van der Waals surface area contributed by atoms with Crippen molar-refractivity contribution < 1.29 is 13.2 Å². The number of benzene rings is 1. The molecule has 0 spiro atoms. The molecule has 0 aromatic heterocycles. The molecule has 122 valence electrons. The summed E-state index contributed by atoms with van der Waals surface area (Å²) in [6.45, 7) is 0. The molecular weight excluding hydrogens is 324 g/mol. The Balaban J connectivity index is 2.00. The average molecular weight is 345 g/mol. The fourth-order valence-corrected chi connectivity index (χ4v) is 4.01. The second-order valence-electron chi connectivity index (χ2n) is 5.47. The molecule has 1 aromatic carbocycles. The number of halogens is 1. The second kappa shape index (κ2) is 7.94. The molecule has 2 rings (SSSR count). The zero-order valence-electron chi connectivity index (χ0n) is 12.3. The van der Waals surface area contributed by atoms with Gasteiger partial charge in [0, 0.05) is 24.0 Å².